The summed E-state index contributed by atoms with van der Waals surface area (Å²) in [7, 11) is 0. The molecule has 3 N–H and O–H groups in total. The molecule has 0 aliphatic carbocycles. The number of pyridine rings is 1. The van der Waals surface area contributed by atoms with E-state index in [9.17, 15) is 19.8 Å². The second-order valence-corrected chi connectivity index (χ2v) is 8.58. The highest BCUT2D eigenvalue weighted by molar-refractivity contribution is 6.00. The van der Waals surface area contributed by atoms with E-state index in [4.69, 9.17) is 9.57 Å². The Labute approximate surface area is 189 Å². The third-order valence-electron chi connectivity index (χ3n) is 6.34. The van der Waals surface area contributed by atoms with Crippen molar-refractivity contribution in [2.75, 3.05) is 24.7 Å². The van der Waals surface area contributed by atoms with E-state index in [1.54, 1.807) is 11.1 Å². The quantitative estimate of drug-likeness (QED) is 0.595. The molecule has 0 saturated carbocycles. The Morgan fingerprint density at radius 1 is 1.24 bits per heavy atom. The zero-order valence-electron chi connectivity index (χ0n) is 18.0. The van der Waals surface area contributed by atoms with Crippen LogP contribution in [-0.4, -0.2) is 70.4 Å². The highest BCUT2D eigenvalue weighted by Crippen LogP contribution is 2.40. The zero-order chi connectivity index (χ0) is 23.2. The number of ether oxygens (including phenoxy) is 1. The van der Waals surface area contributed by atoms with E-state index < -0.39 is 17.8 Å². The Bertz CT molecular complexity index is 1130. The van der Waals surface area contributed by atoms with Gasteiger partial charge in [0.05, 0.1) is 37.2 Å². The number of anilines is 1. The van der Waals surface area contributed by atoms with E-state index in [2.05, 4.69) is 15.5 Å². The number of nitrogens with one attached hydrogen (secondary N) is 1. The molecule has 0 spiro atoms. The van der Waals surface area contributed by atoms with Crippen LogP contribution >= 0.6 is 0 Å². The van der Waals surface area contributed by atoms with Crippen LogP contribution in [0.5, 0.6) is 0 Å². The summed E-state index contributed by atoms with van der Waals surface area (Å²) >= 11 is 0. The highest BCUT2D eigenvalue weighted by atomic mass is 16.7. The van der Waals surface area contributed by atoms with Crippen LogP contribution in [-0.2, 0) is 20.8 Å². The van der Waals surface area contributed by atoms with Gasteiger partial charge in [0.2, 0.25) is 5.91 Å². The van der Waals surface area contributed by atoms with Crippen molar-refractivity contribution in [1.29, 1.82) is 0 Å². The topological polar surface area (TPSA) is 134 Å². The third-order valence-corrected chi connectivity index (χ3v) is 6.34. The number of hydrogen-bond acceptors (Lipinski definition) is 8. The Kier molecular flexibility index (Phi) is 5.26. The molecule has 10 nitrogen and oxygen atoms in total. The lowest BCUT2D eigenvalue weighted by Crippen LogP contribution is -2.40. The minimum absolute atomic E-state index is 0.145. The normalized spacial score (nSPS) is 22.3. The molecule has 33 heavy (non-hydrogen) atoms. The number of aliphatic hydroxyl groups is 2. The van der Waals surface area contributed by atoms with Crippen molar-refractivity contribution in [3.05, 3.63) is 47.8 Å². The van der Waals surface area contributed by atoms with Gasteiger partial charge in [-0.15, -0.1) is 0 Å². The average Bonchev–Trinajstić information content (AvgIpc) is 3.51. The number of carbonyl (C=O) groups excluding carboxylic acids is 2. The number of nitrogens with zero attached hydrogens (tertiary/aromatic N) is 3. The molecule has 1 fully saturated rings. The highest BCUT2D eigenvalue weighted by Gasteiger charge is 2.47. The average molecular weight is 452 g/mol. The van der Waals surface area contributed by atoms with E-state index in [0.29, 0.717) is 17.8 Å². The van der Waals surface area contributed by atoms with E-state index in [-0.39, 0.29) is 38.1 Å². The van der Waals surface area contributed by atoms with Crippen molar-refractivity contribution in [3.8, 4) is 11.1 Å². The van der Waals surface area contributed by atoms with Crippen LogP contribution in [0.15, 0.2) is 41.7 Å². The van der Waals surface area contributed by atoms with Crippen molar-refractivity contribution in [1.82, 2.24) is 10.3 Å². The van der Waals surface area contributed by atoms with E-state index >= 15 is 0 Å². The molecule has 1 aromatic heterocycles. The maximum Gasteiger partial charge on any atom is 0.415 e. The van der Waals surface area contributed by atoms with Crippen LogP contribution in [0.25, 0.3) is 11.1 Å². The molecule has 1 saturated heterocycles. The van der Waals surface area contributed by atoms with Gasteiger partial charge in [-0.3, -0.25) is 14.7 Å². The van der Waals surface area contributed by atoms with Crippen molar-refractivity contribution >= 4 is 23.4 Å². The van der Waals surface area contributed by atoms with Gasteiger partial charge in [-0.25, -0.2) is 4.79 Å². The van der Waals surface area contributed by atoms with E-state index in [1.165, 1.54) is 6.92 Å². The predicted octanol–water partition coefficient (Wildman–Crippen LogP) is 0.982. The zero-order valence-corrected chi connectivity index (χ0v) is 18.0. The van der Waals surface area contributed by atoms with Gasteiger partial charge >= 0.3 is 6.09 Å². The summed E-state index contributed by atoms with van der Waals surface area (Å²) in [5.74, 6) is -0.160. The Hall–Kier alpha value is -3.50. The molecule has 1 aromatic carbocycles. The van der Waals surface area contributed by atoms with Crippen LogP contribution in [0.4, 0.5) is 10.5 Å². The number of hydrogen-bond donors (Lipinski definition) is 3. The molecule has 1 unspecified atom stereocenters. The van der Waals surface area contributed by atoms with Gasteiger partial charge in [0.25, 0.3) is 0 Å². The number of aromatic nitrogens is 1. The second-order valence-electron chi connectivity index (χ2n) is 8.58. The molecule has 0 bridgehead atoms. The van der Waals surface area contributed by atoms with Crippen LogP contribution in [0, 0.1) is 0 Å². The van der Waals surface area contributed by atoms with E-state index in [0.717, 1.165) is 22.4 Å². The third kappa shape index (κ3) is 3.70. The minimum atomic E-state index is -1.10. The maximum absolute atomic E-state index is 12.4. The molecule has 2 amide bonds. The first-order valence-corrected chi connectivity index (χ1v) is 10.7. The van der Waals surface area contributed by atoms with Crippen LogP contribution in [0.2, 0.25) is 0 Å². The van der Waals surface area contributed by atoms with Gasteiger partial charge in [0.1, 0.15) is 11.8 Å². The van der Waals surface area contributed by atoms with Crippen molar-refractivity contribution in [2.24, 2.45) is 5.16 Å². The number of benzene rings is 1. The Morgan fingerprint density at radius 3 is 2.70 bits per heavy atom. The van der Waals surface area contributed by atoms with Gasteiger partial charge in [-0.1, -0.05) is 17.3 Å². The standard InChI is InChI=1S/C23H24N4O6/c1-13(30)24-10-21-20-7-16-6-14(3-5-19(16)27(20)22(31)32-21)15-2-4-17(25-9-15)18-8-23(11-28,12-29)33-26-18/h2-6,9,20-21,28-29H,7-8,10-12H2,1H3,(H,24,30)/t20-,21?/m0/s1. The summed E-state index contributed by atoms with van der Waals surface area (Å²) in [5, 5.41) is 25.6. The molecule has 3 aliphatic rings. The number of oxime groups is 1. The molecule has 5 rings (SSSR count). The summed E-state index contributed by atoms with van der Waals surface area (Å²) in [6.07, 6.45) is 1.87. The Morgan fingerprint density at radius 2 is 2.03 bits per heavy atom. The number of carbonyl (C=O) groups is 2. The first-order chi connectivity index (χ1) is 15.9. The lowest BCUT2D eigenvalue weighted by molar-refractivity contribution is -0.119. The van der Waals surface area contributed by atoms with Gasteiger partial charge < -0.3 is 25.1 Å². The lowest BCUT2D eigenvalue weighted by Gasteiger charge is -2.20. The fourth-order valence-electron chi connectivity index (χ4n) is 4.49. The summed E-state index contributed by atoms with van der Waals surface area (Å²) in [6, 6.07) is 9.50. The first-order valence-electron chi connectivity index (χ1n) is 10.7. The number of rotatable bonds is 6. The second kappa shape index (κ2) is 8.13. The number of cyclic esters (lactones) is 1. The fraction of sp³-hybridized carbons (Fsp3) is 0.391. The SMILES string of the molecule is CC(=O)NCC1OC(=O)N2c3ccc(-c4ccc(C5=NOC(CO)(CO)C5)nc4)cc3C[C@@H]12. The van der Waals surface area contributed by atoms with Gasteiger partial charge in [0.15, 0.2) is 5.60 Å². The van der Waals surface area contributed by atoms with Gasteiger partial charge in [0, 0.05) is 25.1 Å². The summed E-state index contributed by atoms with van der Waals surface area (Å²) in [5.41, 5.74) is 3.82. The molecule has 172 valence electrons. The molecule has 4 heterocycles. The smallest absolute Gasteiger partial charge is 0.415 e. The fourth-order valence-corrected chi connectivity index (χ4v) is 4.49. The molecule has 10 heteroatoms. The molecular weight excluding hydrogens is 428 g/mol. The Balaban J connectivity index is 1.33. The van der Waals surface area contributed by atoms with Crippen LogP contribution in [0.1, 0.15) is 24.6 Å². The predicted molar refractivity (Wildman–Crippen MR) is 118 cm³/mol. The summed E-state index contributed by atoms with van der Waals surface area (Å²) < 4.78 is 5.45. The van der Waals surface area contributed by atoms with Crippen molar-refractivity contribution < 1.29 is 29.4 Å². The summed E-state index contributed by atoms with van der Waals surface area (Å²) in [4.78, 5) is 35.1. The monoisotopic (exact) mass is 452 g/mol. The van der Waals surface area contributed by atoms with E-state index in [1.807, 2.05) is 30.3 Å². The molecule has 3 aliphatic heterocycles. The van der Waals surface area contributed by atoms with Crippen molar-refractivity contribution in [2.45, 2.75) is 37.5 Å². The van der Waals surface area contributed by atoms with Crippen molar-refractivity contribution in [3.63, 3.8) is 0 Å². The number of amides is 2. The summed E-state index contributed by atoms with van der Waals surface area (Å²) in [6.45, 7) is 1.06. The molecule has 0 radical (unpaired) electrons. The molecule has 2 aromatic rings. The maximum atomic E-state index is 12.4. The first kappa shape index (κ1) is 21.4. The molecular formula is C23H24N4O6. The lowest BCUT2D eigenvalue weighted by atomic mass is 9.97. The minimum Gasteiger partial charge on any atom is -0.442 e. The van der Waals surface area contributed by atoms with Gasteiger partial charge in [-0.2, -0.15) is 0 Å². The number of fused-ring (bicyclic) bond motifs is 3. The van der Waals surface area contributed by atoms with Crippen LogP contribution < -0.4 is 10.2 Å². The molecule has 2 atom stereocenters. The largest absolute Gasteiger partial charge is 0.442 e. The number of aliphatic hydroxyl groups excluding tert-OH is 2. The van der Waals surface area contributed by atoms with Gasteiger partial charge in [-0.05, 0) is 35.7 Å². The van der Waals surface area contributed by atoms with Crippen LogP contribution in [0.3, 0.4) is 0 Å².